The molecule has 40 heavy (non-hydrogen) atoms. The minimum absolute atomic E-state index is 0.0257. The van der Waals surface area contributed by atoms with Gasteiger partial charge in [-0.15, -0.1) is 0 Å². The number of carboxylic acid groups (broad SMARTS) is 1. The molecule has 3 N–H and O–H groups in total. The number of nitrogens with zero attached hydrogens (tertiary/aromatic N) is 2. The van der Waals surface area contributed by atoms with Crippen LogP contribution in [0.1, 0.15) is 53.0 Å². The number of rotatable bonds is 12. The van der Waals surface area contributed by atoms with Crippen LogP contribution in [0.5, 0.6) is 0 Å². The van der Waals surface area contributed by atoms with Gasteiger partial charge in [0.15, 0.2) is 0 Å². The summed E-state index contributed by atoms with van der Waals surface area (Å²) >= 11 is 0. The lowest BCUT2D eigenvalue weighted by molar-refractivity contribution is -0.384. The van der Waals surface area contributed by atoms with Crippen LogP contribution in [-0.2, 0) is 16.1 Å². The highest BCUT2D eigenvalue weighted by molar-refractivity contribution is 6.23. The maximum absolute atomic E-state index is 13.0. The molecule has 3 aromatic carbocycles. The number of hydrogen-bond acceptors (Lipinski definition) is 7. The van der Waals surface area contributed by atoms with E-state index in [4.69, 9.17) is 0 Å². The zero-order chi connectivity index (χ0) is 29.0. The molecular weight excluding hydrogens is 516 g/mol. The molecule has 0 saturated carbocycles. The number of nitrogens with one attached hydrogen (secondary N) is 2. The summed E-state index contributed by atoms with van der Waals surface area (Å²) in [5, 5.41) is 28.2. The summed E-state index contributed by atoms with van der Waals surface area (Å²) in [5.41, 5.74) is 0.984. The second-order valence-electron chi connectivity index (χ2n) is 10.2. The molecule has 1 heterocycles. The van der Waals surface area contributed by atoms with Gasteiger partial charge >= 0.3 is 5.97 Å². The lowest BCUT2D eigenvalue weighted by Crippen LogP contribution is -2.52. The number of amides is 3. The van der Waals surface area contributed by atoms with Gasteiger partial charge < -0.3 is 10.4 Å². The fourth-order valence-corrected chi connectivity index (χ4v) is 4.77. The SMILES string of the molecule is CC(C)CC(NC(CCN1C(=O)c2cc3ccccc3cc2C1=O)C(=O)O)C(=O)NCc1cccc([N+](=O)[O-])c1. The van der Waals surface area contributed by atoms with E-state index >= 15 is 0 Å². The Hall–Kier alpha value is -4.64. The molecule has 3 aromatic rings. The molecule has 11 heteroatoms. The molecule has 1 aliphatic heterocycles. The van der Waals surface area contributed by atoms with Crippen molar-refractivity contribution in [1.29, 1.82) is 0 Å². The van der Waals surface area contributed by atoms with E-state index in [0.717, 1.165) is 15.7 Å². The molecule has 11 nitrogen and oxygen atoms in total. The molecule has 4 rings (SSSR count). The second kappa shape index (κ2) is 12.0. The van der Waals surface area contributed by atoms with Gasteiger partial charge in [-0.25, -0.2) is 0 Å². The topological polar surface area (TPSA) is 159 Å². The van der Waals surface area contributed by atoms with Gasteiger partial charge in [-0.2, -0.15) is 0 Å². The van der Waals surface area contributed by atoms with E-state index in [1.165, 1.54) is 18.2 Å². The van der Waals surface area contributed by atoms with Crippen LogP contribution >= 0.6 is 0 Å². The first kappa shape index (κ1) is 28.4. The predicted molar refractivity (Wildman–Crippen MR) is 147 cm³/mol. The van der Waals surface area contributed by atoms with Crippen molar-refractivity contribution in [3.8, 4) is 0 Å². The molecular formula is C29H30N4O7. The first-order valence-corrected chi connectivity index (χ1v) is 12.9. The predicted octanol–water partition coefficient (Wildman–Crippen LogP) is 3.51. The number of nitro benzene ring substituents is 1. The zero-order valence-electron chi connectivity index (χ0n) is 22.1. The van der Waals surface area contributed by atoms with E-state index in [9.17, 15) is 34.4 Å². The minimum atomic E-state index is -1.22. The van der Waals surface area contributed by atoms with Gasteiger partial charge in [0.25, 0.3) is 17.5 Å². The van der Waals surface area contributed by atoms with E-state index in [2.05, 4.69) is 10.6 Å². The summed E-state index contributed by atoms with van der Waals surface area (Å²) in [5.74, 6) is -2.60. The van der Waals surface area contributed by atoms with Gasteiger partial charge in [0.1, 0.15) is 6.04 Å². The smallest absolute Gasteiger partial charge is 0.320 e. The monoisotopic (exact) mass is 546 g/mol. The van der Waals surface area contributed by atoms with Gasteiger partial charge in [-0.05, 0) is 47.2 Å². The Morgan fingerprint density at radius 1 is 0.950 bits per heavy atom. The Morgan fingerprint density at radius 2 is 1.57 bits per heavy atom. The molecule has 2 atom stereocenters. The van der Waals surface area contributed by atoms with Crippen LogP contribution in [0.25, 0.3) is 10.8 Å². The molecule has 1 aliphatic rings. The summed E-state index contributed by atoms with van der Waals surface area (Å²) in [4.78, 5) is 62.8. The zero-order valence-corrected chi connectivity index (χ0v) is 22.1. The Balaban J connectivity index is 1.43. The van der Waals surface area contributed by atoms with Crippen LogP contribution in [0.15, 0.2) is 60.7 Å². The number of non-ortho nitro benzene ring substituents is 1. The largest absolute Gasteiger partial charge is 0.480 e. The molecule has 0 fully saturated rings. The van der Waals surface area contributed by atoms with Crippen molar-refractivity contribution in [2.24, 2.45) is 5.92 Å². The Kier molecular flexibility index (Phi) is 8.54. The van der Waals surface area contributed by atoms with Crippen molar-refractivity contribution >= 4 is 40.2 Å². The molecule has 0 aliphatic carbocycles. The van der Waals surface area contributed by atoms with Crippen LogP contribution in [-0.4, -0.2) is 57.2 Å². The number of aliphatic carboxylic acids is 1. The number of hydrogen-bond donors (Lipinski definition) is 3. The highest BCUT2D eigenvalue weighted by Crippen LogP contribution is 2.28. The standard InChI is InChI=1S/C29H30N4O7/c1-17(2)12-25(26(34)30-16-18-6-5-9-21(13-18)33(39)40)31-24(29(37)38)10-11-32-27(35)22-14-19-7-3-4-8-20(19)15-23(22)28(32)36/h3-9,13-15,17,24-25,31H,10-12,16H2,1-2H3,(H,30,34)(H,37,38). The van der Waals surface area contributed by atoms with Crippen molar-refractivity contribution in [3.63, 3.8) is 0 Å². The molecule has 208 valence electrons. The summed E-state index contributed by atoms with van der Waals surface area (Å²) in [6.45, 7) is 3.66. The average Bonchev–Trinajstić information content (AvgIpc) is 3.15. The average molecular weight is 547 g/mol. The maximum Gasteiger partial charge on any atom is 0.320 e. The molecule has 0 bridgehead atoms. The van der Waals surface area contributed by atoms with Gasteiger partial charge in [0.05, 0.1) is 22.1 Å². The number of carboxylic acids is 1. The maximum atomic E-state index is 13.0. The van der Waals surface area contributed by atoms with E-state index in [-0.39, 0.29) is 42.2 Å². The Bertz CT molecular complexity index is 1430. The number of carbonyl (C=O) groups excluding carboxylic acids is 3. The number of carbonyl (C=O) groups is 4. The number of fused-ring (bicyclic) bond motifs is 2. The van der Waals surface area contributed by atoms with Gasteiger partial charge in [-0.1, -0.05) is 50.2 Å². The highest BCUT2D eigenvalue weighted by Gasteiger charge is 2.37. The van der Waals surface area contributed by atoms with E-state index < -0.39 is 40.7 Å². The van der Waals surface area contributed by atoms with Crippen molar-refractivity contribution in [2.45, 2.75) is 45.3 Å². The summed E-state index contributed by atoms with van der Waals surface area (Å²) in [6, 6.07) is 14.5. The third kappa shape index (κ3) is 6.32. The fourth-order valence-electron chi connectivity index (χ4n) is 4.77. The lowest BCUT2D eigenvalue weighted by atomic mass is 10.0. The lowest BCUT2D eigenvalue weighted by Gasteiger charge is -2.25. The van der Waals surface area contributed by atoms with Gasteiger partial charge in [0, 0.05) is 25.2 Å². The van der Waals surface area contributed by atoms with Gasteiger partial charge in [-0.3, -0.25) is 39.5 Å². The van der Waals surface area contributed by atoms with Crippen LogP contribution in [0.3, 0.4) is 0 Å². The fraction of sp³-hybridized carbons (Fsp3) is 0.310. The first-order chi connectivity index (χ1) is 19.0. The van der Waals surface area contributed by atoms with Crippen molar-refractivity contribution in [3.05, 3.63) is 87.5 Å². The molecule has 3 amide bonds. The number of nitro groups is 1. The second-order valence-corrected chi connectivity index (χ2v) is 10.2. The summed E-state index contributed by atoms with van der Waals surface area (Å²) in [7, 11) is 0. The van der Waals surface area contributed by atoms with Gasteiger partial charge in [0.2, 0.25) is 5.91 Å². The summed E-state index contributed by atoms with van der Waals surface area (Å²) < 4.78 is 0. The highest BCUT2D eigenvalue weighted by atomic mass is 16.6. The van der Waals surface area contributed by atoms with E-state index in [0.29, 0.717) is 12.0 Å². The van der Waals surface area contributed by atoms with Crippen LogP contribution < -0.4 is 10.6 Å². The molecule has 0 aromatic heterocycles. The van der Waals surface area contributed by atoms with E-state index in [1.54, 1.807) is 18.2 Å². The number of benzene rings is 3. The molecule has 2 unspecified atom stereocenters. The molecule has 0 spiro atoms. The third-order valence-electron chi connectivity index (χ3n) is 6.79. The molecule has 0 saturated heterocycles. The third-order valence-corrected chi connectivity index (χ3v) is 6.79. The Morgan fingerprint density at radius 3 is 2.12 bits per heavy atom. The van der Waals surface area contributed by atoms with Crippen LogP contribution in [0, 0.1) is 16.0 Å². The normalized spacial score (nSPS) is 14.3. The number of imide groups is 1. The van der Waals surface area contributed by atoms with E-state index in [1.807, 2.05) is 38.1 Å². The molecule has 0 radical (unpaired) electrons. The first-order valence-electron chi connectivity index (χ1n) is 12.9. The quantitative estimate of drug-likeness (QED) is 0.177. The van der Waals surface area contributed by atoms with Crippen molar-refractivity contribution in [2.75, 3.05) is 6.54 Å². The van der Waals surface area contributed by atoms with Crippen LogP contribution in [0.2, 0.25) is 0 Å². The van der Waals surface area contributed by atoms with Crippen molar-refractivity contribution in [1.82, 2.24) is 15.5 Å². The van der Waals surface area contributed by atoms with Crippen LogP contribution in [0.4, 0.5) is 5.69 Å². The summed E-state index contributed by atoms with van der Waals surface area (Å²) in [6.07, 6.45) is 0.219. The Labute approximate surface area is 230 Å². The minimum Gasteiger partial charge on any atom is -0.480 e. The van der Waals surface area contributed by atoms with Crippen molar-refractivity contribution < 1.29 is 29.2 Å².